The molecule has 0 saturated heterocycles. The molecule has 1 saturated carbocycles. The number of rotatable bonds is 10. The van der Waals surface area contributed by atoms with E-state index in [4.69, 9.17) is 26.1 Å². The Kier molecular flexibility index (Phi) is 8.66. The van der Waals surface area contributed by atoms with Crippen LogP contribution >= 0.6 is 11.6 Å². The van der Waals surface area contributed by atoms with Crippen LogP contribution in [0.25, 0.3) is 33.3 Å². The number of nitrogens with zero attached hydrogens (tertiary/aromatic N) is 6. The molecule has 0 N–H and O–H groups in total. The van der Waals surface area contributed by atoms with E-state index < -0.39 is 19.8 Å². The van der Waals surface area contributed by atoms with Crippen molar-refractivity contribution in [3.05, 3.63) is 59.5 Å². The van der Waals surface area contributed by atoms with Gasteiger partial charge in [0.05, 0.1) is 29.1 Å². The maximum atomic E-state index is 15.9. The Morgan fingerprint density at radius 2 is 1.76 bits per heavy atom. The number of hydrogen-bond acceptors (Lipinski definition) is 6. The number of halogens is 4. The van der Waals surface area contributed by atoms with E-state index in [1.807, 2.05) is 13.1 Å². The lowest BCUT2D eigenvalue weighted by Crippen LogP contribution is -2.26. The van der Waals surface area contributed by atoms with Gasteiger partial charge in [0, 0.05) is 45.8 Å². The van der Waals surface area contributed by atoms with E-state index in [1.54, 1.807) is 39.8 Å². The summed E-state index contributed by atoms with van der Waals surface area (Å²) in [6, 6.07) is 7.60. The molecule has 1 aliphatic carbocycles. The first-order valence-electron chi connectivity index (χ1n) is 15.1. The first-order valence-corrected chi connectivity index (χ1v) is 19.2. The molecule has 238 valence electrons. The van der Waals surface area contributed by atoms with E-state index in [0.29, 0.717) is 59.6 Å². The second kappa shape index (κ2) is 12.4. The van der Waals surface area contributed by atoms with E-state index >= 15 is 4.39 Å². The minimum atomic E-state index is -2.56. The molecule has 0 radical (unpaired) electrons. The highest BCUT2D eigenvalue weighted by Crippen LogP contribution is 2.38. The Labute approximate surface area is 265 Å². The third-order valence-electron chi connectivity index (χ3n) is 8.27. The number of alkyl halides is 2. The molecule has 2 aromatic carbocycles. The van der Waals surface area contributed by atoms with Crippen LogP contribution in [0.3, 0.4) is 0 Å². The van der Waals surface area contributed by atoms with Gasteiger partial charge in [-0.2, -0.15) is 5.10 Å². The van der Waals surface area contributed by atoms with Gasteiger partial charge in [-0.25, -0.2) is 23.1 Å². The quantitative estimate of drug-likeness (QED) is 0.110. The molecule has 13 heteroatoms. The zero-order chi connectivity index (χ0) is 31.9. The normalized spacial score (nSPS) is 15.7. The summed E-state index contributed by atoms with van der Waals surface area (Å²) in [7, 11) is -1.26. The molecule has 8 nitrogen and oxygen atoms in total. The second-order valence-electron chi connectivity index (χ2n) is 13.0. The van der Waals surface area contributed by atoms with Crippen LogP contribution in [0, 0.1) is 18.7 Å². The van der Waals surface area contributed by atoms with Gasteiger partial charge in [0.25, 0.3) is 0 Å². The summed E-state index contributed by atoms with van der Waals surface area (Å²) in [5.74, 6) is -2.10. The largest absolute Gasteiger partial charge is 0.453 e. The van der Waals surface area contributed by atoms with Crippen molar-refractivity contribution in [1.82, 2.24) is 29.3 Å². The average molecular weight is 657 g/mol. The number of hydrogen-bond donors (Lipinski definition) is 0. The maximum Gasteiger partial charge on any atom is 0.248 e. The first-order chi connectivity index (χ1) is 21.4. The summed E-state index contributed by atoms with van der Waals surface area (Å²) < 4.78 is 58.4. The molecule has 3 aromatic heterocycles. The molecule has 0 aliphatic heterocycles. The van der Waals surface area contributed by atoms with Crippen molar-refractivity contribution < 1.29 is 22.6 Å². The van der Waals surface area contributed by atoms with Crippen molar-refractivity contribution in [2.75, 3.05) is 6.61 Å². The second-order valence-corrected chi connectivity index (χ2v) is 19.0. The SMILES string of the molecule is Cc1nc2ccc(Oc3ccc4ncc(-c5cnn(CC6CCC(F)(F)CC6)c5)nc4c3Cl)c(F)c2n1COCC[Si](C)(C)C. The topological polar surface area (TPSA) is 79.9 Å². The molecule has 0 spiro atoms. The molecule has 1 aliphatic rings. The smallest absolute Gasteiger partial charge is 0.248 e. The molecule has 6 rings (SSSR count). The Bertz CT molecular complexity index is 1840. The van der Waals surface area contributed by atoms with E-state index in [0.717, 1.165) is 11.6 Å². The van der Waals surface area contributed by atoms with Gasteiger partial charge in [-0.05, 0) is 56.0 Å². The fourth-order valence-corrected chi connectivity index (χ4v) is 6.55. The monoisotopic (exact) mass is 656 g/mol. The lowest BCUT2D eigenvalue weighted by atomic mass is 9.87. The summed E-state index contributed by atoms with van der Waals surface area (Å²) in [6.45, 7) is 10.0. The van der Waals surface area contributed by atoms with Gasteiger partial charge in [0.2, 0.25) is 5.92 Å². The minimum Gasteiger partial charge on any atom is -0.453 e. The number of aryl methyl sites for hydroxylation is 1. The number of ether oxygens (including phenoxy) is 2. The van der Waals surface area contributed by atoms with Crippen LogP contribution < -0.4 is 4.74 Å². The third-order valence-corrected chi connectivity index (χ3v) is 10.3. The van der Waals surface area contributed by atoms with Crippen molar-refractivity contribution in [2.45, 2.75) is 77.5 Å². The van der Waals surface area contributed by atoms with Crippen molar-refractivity contribution in [3.8, 4) is 22.8 Å². The van der Waals surface area contributed by atoms with Crippen molar-refractivity contribution in [2.24, 2.45) is 5.92 Å². The lowest BCUT2D eigenvalue weighted by molar-refractivity contribution is -0.0476. The van der Waals surface area contributed by atoms with Gasteiger partial charge in [0.15, 0.2) is 11.6 Å². The molecule has 0 bridgehead atoms. The summed E-state index contributed by atoms with van der Waals surface area (Å²) in [4.78, 5) is 13.7. The van der Waals surface area contributed by atoms with E-state index in [2.05, 4.69) is 34.7 Å². The molecule has 0 unspecified atom stereocenters. The summed E-state index contributed by atoms with van der Waals surface area (Å²) in [5.41, 5.74) is 3.02. The van der Waals surface area contributed by atoms with Crippen molar-refractivity contribution in [3.63, 3.8) is 0 Å². The molecule has 3 heterocycles. The number of aromatic nitrogens is 6. The van der Waals surface area contributed by atoms with Gasteiger partial charge in [0.1, 0.15) is 34.4 Å². The first kappa shape index (κ1) is 31.5. The van der Waals surface area contributed by atoms with Crippen LogP contribution in [0.5, 0.6) is 11.5 Å². The Balaban J connectivity index is 1.22. The molecular weight excluding hydrogens is 621 g/mol. The van der Waals surface area contributed by atoms with Crippen LogP contribution in [-0.4, -0.2) is 49.9 Å². The average Bonchev–Trinajstić information content (AvgIpc) is 3.58. The van der Waals surface area contributed by atoms with E-state index in [-0.39, 0.29) is 42.0 Å². The van der Waals surface area contributed by atoms with Gasteiger partial charge in [-0.15, -0.1) is 0 Å². The number of fused-ring (bicyclic) bond motifs is 2. The Morgan fingerprint density at radius 3 is 2.51 bits per heavy atom. The van der Waals surface area contributed by atoms with Crippen LogP contribution in [-0.2, 0) is 18.0 Å². The summed E-state index contributed by atoms with van der Waals surface area (Å²) in [6.07, 6.45) is 5.91. The highest BCUT2D eigenvalue weighted by Gasteiger charge is 2.35. The predicted molar refractivity (Wildman–Crippen MR) is 171 cm³/mol. The lowest BCUT2D eigenvalue weighted by Gasteiger charge is -2.28. The number of imidazole rings is 1. The van der Waals surface area contributed by atoms with Crippen LogP contribution in [0.2, 0.25) is 30.7 Å². The van der Waals surface area contributed by atoms with E-state index in [9.17, 15) is 8.78 Å². The van der Waals surface area contributed by atoms with Gasteiger partial charge in [-0.1, -0.05) is 31.2 Å². The number of benzene rings is 2. The molecule has 45 heavy (non-hydrogen) atoms. The standard InChI is InChI=1S/C32H36ClF3N6O2Si/c1-20-39-24-6-8-27(29(34)31(24)42(20)19-43-13-14-45(2,3)4)44-26-7-5-23-30(28(26)33)40-25(16-37-23)22-15-38-41(18-22)17-21-9-11-32(35,36)12-10-21/h5-8,15-16,18,21H,9-14,17,19H2,1-4H3. The van der Waals surface area contributed by atoms with E-state index in [1.165, 1.54) is 6.07 Å². The highest BCUT2D eigenvalue weighted by atomic mass is 35.5. The third kappa shape index (κ3) is 7.02. The van der Waals surface area contributed by atoms with Gasteiger partial charge < -0.3 is 14.0 Å². The fourth-order valence-electron chi connectivity index (χ4n) is 5.56. The summed E-state index contributed by atoms with van der Waals surface area (Å²) in [5, 5.41) is 4.61. The van der Waals surface area contributed by atoms with Crippen molar-refractivity contribution >= 4 is 41.7 Å². The maximum absolute atomic E-state index is 15.9. The molecule has 0 amide bonds. The van der Waals surface area contributed by atoms with Crippen LogP contribution in [0.1, 0.15) is 31.5 Å². The van der Waals surface area contributed by atoms with Crippen LogP contribution in [0.15, 0.2) is 42.9 Å². The molecule has 5 aromatic rings. The molecular formula is C32H36ClF3N6O2Si. The Hall–Kier alpha value is -3.48. The fraction of sp³-hybridized carbons (Fsp3) is 0.438. The molecule has 1 fully saturated rings. The highest BCUT2D eigenvalue weighted by molar-refractivity contribution is 6.76. The van der Waals surface area contributed by atoms with Crippen molar-refractivity contribution in [1.29, 1.82) is 0 Å². The van der Waals surface area contributed by atoms with Gasteiger partial charge in [-0.3, -0.25) is 9.67 Å². The van der Waals surface area contributed by atoms with Crippen LogP contribution in [0.4, 0.5) is 13.2 Å². The Morgan fingerprint density at radius 1 is 1.02 bits per heavy atom. The minimum absolute atomic E-state index is 0.00198. The zero-order valence-electron chi connectivity index (χ0n) is 25.8. The zero-order valence-corrected chi connectivity index (χ0v) is 27.5. The summed E-state index contributed by atoms with van der Waals surface area (Å²) >= 11 is 6.77. The molecule has 0 atom stereocenters. The predicted octanol–water partition coefficient (Wildman–Crippen LogP) is 8.87. The van der Waals surface area contributed by atoms with Gasteiger partial charge >= 0.3 is 0 Å².